The molecule has 1 amide bonds. The summed E-state index contributed by atoms with van der Waals surface area (Å²) in [6.45, 7) is 1.82. The Labute approximate surface area is 145 Å². The van der Waals surface area contributed by atoms with Crippen molar-refractivity contribution in [2.24, 2.45) is 0 Å². The second-order valence-electron chi connectivity index (χ2n) is 5.88. The number of fused-ring (bicyclic) bond motifs is 1. The van der Waals surface area contributed by atoms with E-state index in [-0.39, 0.29) is 17.7 Å². The van der Waals surface area contributed by atoms with Crippen LogP contribution in [0.2, 0.25) is 0 Å². The van der Waals surface area contributed by atoms with Gasteiger partial charge in [0.25, 0.3) is 0 Å². The van der Waals surface area contributed by atoms with Crippen LogP contribution >= 0.6 is 0 Å². The summed E-state index contributed by atoms with van der Waals surface area (Å²) in [4.78, 5) is 19.8. The van der Waals surface area contributed by atoms with Gasteiger partial charge >= 0.3 is 0 Å². The van der Waals surface area contributed by atoms with E-state index in [9.17, 15) is 9.18 Å². The Morgan fingerprint density at radius 3 is 2.84 bits per heavy atom. The van der Waals surface area contributed by atoms with Gasteiger partial charge in [-0.25, -0.2) is 9.37 Å². The number of ether oxygens (including phenoxy) is 1. The zero-order chi connectivity index (χ0) is 17.8. The SMILES string of the molecule is COc1ccc([C@@H](C)NC(=O)CCc2nc3ccccc3[nH]2)cc1F. The number of H-pyrrole nitrogens is 1. The van der Waals surface area contributed by atoms with E-state index in [1.165, 1.54) is 13.2 Å². The first-order chi connectivity index (χ1) is 12.1. The lowest BCUT2D eigenvalue weighted by atomic mass is 10.1. The minimum Gasteiger partial charge on any atom is -0.494 e. The number of para-hydroxylation sites is 2. The van der Waals surface area contributed by atoms with Crippen molar-refractivity contribution in [2.75, 3.05) is 7.11 Å². The van der Waals surface area contributed by atoms with E-state index in [0.29, 0.717) is 18.4 Å². The van der Waals surface area contributed by atoms with Crippen LogP contribution in [-0.2, 0) is 11.2 Å². The molecule has 0 bridgehead atoms. The Balaban J connectivity index is 1.57. The fourth-order valence-electron chi connectivity index (χ4n) is 2.70. The lowest BCUT2D eigenvalue weighted by molar-refractivity contribution is -0.121. The highest BCUT2D eigenvalue weighted by atomic mass is 19.1. The zero-order valence-corrected chi connectivity index (χ0v) is 14.2. The number of aromatic nitrogens is 2. The van der Waals surface area contributed by atoms with Gasteiger partial charge in [-0.1, -0.05) is 18.2 Å². The quantitative estimate of drug-likeness (QED) is 0.721. The first-order valence-electron chi connectivity index (χ1n) is 8.13. The molecule has 3 aromatic rings. The van der Waals surface area contributed by atoms with Crippen LogP contribution < -0.4 is 10.1 Å². The fourth-order valence-corrected chi connectivity index (χ4v) is 2.70. The van der Waals surface area contributed by atoms with Crippen LogP contribution in [0.1, 0.15) is 30.8 Å². The van der Waals surface area contributed by atoms with Gasteiger partial charge in [-0.2, -0.15) is 0 Å². The molecule has 0 radical (unpaired) electrons. The molecule has 1 heterocycles. The molecular weight excluding hydrogens is 321 g/mol. The highest BCUT2D eigenvalue weighted by molar-refractivity contribution is 5.77. The molecule has 0 aliphatic carbocycles. The molecule has 0 saturated heterocycles. The highest BCUT2D eigenvalue weighted by Crippen LogP contribution is 2.21. The van der Waals surface area contributed by atoms with Crippen molar-refractivity contribution < 1.29 is 13.9 Å². The van der Waals surface area contributed by atoms with Gasteiger partial charge in [0.2, 0.25) is 5.91 Å². The van der Waals surface area contributed by atoms with Crippen LogP contribution in [0.5, 0.6) is 5.75 Å². The summed E-state index contributed by atoms with van der Waals surface area (Å²) in [5, 5.41) is 2.88. The summed E-state index contributed by atoms with van der Waals surface area (Å²) >= 11 is 0. The van der Waals surface area contributed by atoms with Crippen LogP contribution in [-0.4, -0.2) is 23.0 Å². The van der Waals surface area contributed by atoms with E-state index >= 15 is 0 Å². The average molecular weight is 341 g/mol. The second-order valence-corrected chi connectivity index (χ2v) is 5.88. The number of aryl methyl sites for hydroxylation is 1. The minimum absolute atomic E-state index is 0.107. The number of halogens is 1. The van der Waals surface area contributed by atoms with Gasteiger partial charge in [-0.05, 0) is 36.8 Å². The topological polar surface area (TPSA) is 67.0 Å². The molecule has 25 heavy (non-hydrogen) atoms. The van der Waals surface area contributed by atoms with E-state index in [1.54, 1.807) is 12.1 Å². The molecule has 0 aliphatic rings. The van der Waals surface area contributed by atoms with Crippen molar-refractivity contribution in [1.82, 2.24) is 15.3 Å². The number of aromatic amines is 1. The third kappa shape index (κ3) is 3.96. The molecule has 5 nitrogen and oxygen atoms in total. The first-order valence-corrected chi connectivity index (χ1v) is 8.13. The summed E-state index contributed by atoms with van der Waals surface area (Å²) < 4.78 is 18.7. The largest absolute Gasteiger partial charge is 0.494 e. The van der Waals surface area contributed by atoms with Crippen molar-refractivity contribution in [3.8, 4) is 5.75 Å². The zero-order valence-electron chi connectivity index (χ0n) is 14.2. The Kier molecular flexibility index (Phi) is 4.97. The number of methoxy groups -OCH3 is 1. The number of carbonyl (C=O) groups is 1. The van der Waals surface area contributed by atoms with Gasteiger partial charge in [0.1, 0.15) is 5.82 Å². The van der Waals surface area contributed by atoms with Crippen molar-refractivity contribution in [3.63, 3.8) is 0 Å². The lowest BCUT2D eigenvalue weighted by Gasteiger charge is -2.15. The van der Waals surface area contributed by atoms with Gasteiger partial charge in [0.05, 0.1) is 24.2 Å². The van der Waals surface area contributed by atoms with E-state index in [0.717, 1.165) is 16.9 Å². The third-order valence-electron chi connectivity index (χ3n) is 4.08. The Morgan fingerprint density at radius 2 is 2.12 bits per heavy atom. The standard InChI is InChI=1S/C19H20FN3O2/c1-12(13-7-8-17(25-2)14(20)11-13)21-19(24)10-9-18-22-15-5-3-4-6-16(15)23-18/h3-8,11-12H,9-10H2,1-2H3,(H,21,24)(H,22,23)/t12-/m1/s1. The molecule has 6 heteroatoms. The summed E-state index contributed by atoms with van der Waals surface area (Å²) in [5.41, 5.74) is 2.54. The molecule has 0 saturated carbocycles. The van der Waals surface area contributed by atoms with Gasteiger partial charge < -0.3 is 15.0 Å². The second kappa shape index (κ2) is 7.34. The lowest BCUT2D eigenvalue weighted by Crippen LogP contribution is -2.27. The molecule has 1 atom stereocenters. The molecule has 2 N–H and O–H groups in total. The van der Waals surface area contributed by atoms with Gasteiger partial charge in [0, 0.05) is 12.8 Å². The molecule has 0 aliphatic heterocycles. The van der Waals surface area contributed by atoms with Crippen molar-refractivity contribution in [2.45, 2.75) is 25.8 Å². The predicted molar refractivity (Wildman–Crippen MR) is 93.9 cm³/mol. The number of nitrogens with one attached hydrogen (secondary N) is 2. The van der Waals surface area contributed by atoms with Gasteiger partial charge in [0.15, 0.2) is 11.6 Å². The number of amides is 1. The predicted octanol–water partition coefficient (Wildman–Crippen LogP) is 3.52. The molecular formula is C19H20FN3O2. The van der Waals surface area contributed by atoms with Crippen molar-refractivity contribution in [3.05, 3.63) is 59.7 Å². The molecule has 2 aromatic carbocycles. The van der Waals surface area contributed by atoms with E-state index in [2.05, 4.69) is 15.3 Å². The van der Waals surface area contributed by atoms with E-state index < -0.39 is 5.82 Å². The molecule has 0 spiro atoms. The Morgan fingerprint density at radius 1 is 1.32 bits per heavy atom. The number of carbonyl (C=O) groups excluding carboxylic acids is 1. The molecule has 3 rings (SSSR count). The van der Waals surface area contributed by atoms with E-state index in [1.807, 2.05) is 31.2 Å². The summed E-state index contributed by atoms with van der Waals surface area (Å²) in [7, 11) is 1.42. The number of rotatable bonds is 6. The maximum Gasteiger partial charge on any atom is 0.220 e. The summed E-state index contributed by atoms with van der Waals surface area (Å²) in [6, 6.07) is 12.1. The van der Waals surface area contributed by atoms with E-state index in [4.69, 9.17) is 4.74 Å². The first kappa shape index (κ1) is 17.0. The smallest absolute Gasteiger partial charge is 0.220 e. The van der Waals surface area contributed by atoms with Crippen LogP contribution in [0.4, 0.5) is 4.39 Å². The van der Waals surface area contributed by atoms with Crippen LogP contribution in [0.15, 0.2) is 42.5 Å². The molecule has 0 unspecified atom stereocenters. The third-order valence-corrected chi connectivity index (χ3v) is 4.08. The average Bonchev–Trinajstić information content (AvgIpc) is 3.03. The normalized spacial score (nSPS) is 12.1. The molecule has 1 aromatic heterocycles. The van der Waals surface area contributed by atoms with Crippen LogP contribution in [0, 0.1) is 5.82 Å². The molecule has 130 valence electrons. The summed E-state index contributed by atoms with van der Waals surface area (Å²) in [5.74, 6) is 0.416. The Bertz CT molecular complexity index is 858. The number of benzene rings is 2. The number of hydrogen-bond acceptors (Lipinski definition) is 3. The number of nitrogens with zero attached hydrogens (tertiary/aromatic N) is 1. The maximum atomic E-state index is 13.8. The number of imidazole rings is 1. The van der Waals surface area contributed by atoms with Gasteiger partial charge in [-0.15, -0.1) is 0 Å². The van der Waals surface area contributed by atoms with Crippen LogP contribution in [0.25, 0.3) is 11.0 Å². The maximum absolute atomic E-state index is 13.8. The fraction of sp³-hybridized carbons (Fsp3) is 0.263. The Hall–Kier alpha value is -2.89. The van der Waals surface area contributed by atoms with Gasteiger partial charge in [-0.3, -0.25) is 4.79 Å². The van der Waals surface area contributed by atoms with Crippen LogP contribution in [0.3, 0.4) is 0 Å². The number of hydrogen-bond donors (Lipinski definition) is 2. The summed E-state index contributed by atoms with van der Waals surface area (Å²) in [6.07, 6.45) is 0.826. The molecule has 0 fully saturated rings. The van der Waals surface area contributed by atoms with Crippen molar-refractivity contribution in [1.29, 1.82) is 0 Å². The van der Waals surface area contributed by atoms with Crippen molar-refractivity contribution >= 4 is 16.9 Å². The monoisotopic (exact) mass is 341 g/mol. The minimum atomic E-state index is -0.441. The highest BCUT2D eigenvalue weighted by Gasteiger charge is 2.13.